The molecule has 0 atom stereocenters. The third-order valence-electron chi connectivity index (χ3n) is 2.76. The predicted octanol–water partition coefficient (Wildman–Crippen LogP) is 3.79. The van der Waals surface area contributed by atoms with Crippen molar-refractivity contribution in [3.05, 3.63) is 46.5 Å². The van der Waals surface area contributed by atoms with Gasteiger partial charge in [0.15, 0.2) is 0 Å². The van der Waals surface area contributed by atoms with Crippen LogP contribution in [-0.4, -0.2) is 15.5 Å². The Kier molecular flexibility index (Phi) is 4.04. The molecule has 2 aromatic heterocycles. The summed E-state index contributed by atoms with van der Waals surface area (Å²) in [6.07, 6.45) is 3.60. The number of nitrogens with zero attached hydrogens (tertiary/aromatic N) is 2. The molecule has 0 aliphatic heterocycles. The molecule has 1 N–H and O–H groups in total. The molecule has 100 valence electrons. The molecule has 19 heavy (non-hydrogen) atoms. The Morgan fingerprint density at radius 2 is 2.16 bits per heavy atom. The Morgan fingerprint density at radius 3 is 2.79 bits per heavy atom. The van der Waals surface area contributed by atoms with Crippen molar-refractivity contribution >= 4 is 27.5 Å². The lowest BCUT2D eigenvalue weighted by Gasteiger charge is -2.12. The number of hydrogen-bond donors (Lipinski definition) is 1. The monoisotopic (exact) mass is 321 g/mol. The molecule has 0 radical (unpaired) electrons. The van der Waals surface area contributed by atoms with E-state index in [1.165, 1.54) is 0 Å². The van der Waals surface area contributed by atoms with Gasteiger partial charge in [0, 0.05) is 34.3 Å². The molecule has 0 bridgehead atoms. The standard InChI is InChI=1S/C14H16BrN3O/c1-9(2)18-8-11(15)7-13(18)14(19)17-12-4-5-16-10(3)6-12/h4-9H,1-3H3,(H,16,17,19). The molecule has 0 aliphatic rings. The fourth-order valence-corrected chi connectivity index (χ4v) is 2.31. The number of carbonyl (C=O) groups is 1. The number of hydrogen-bond acceptors (Lipinski definition) is 2. The van der Waals surface area contributed by atoms with Crippen molar-refractivity contribution in [2.75, 3.05) is 5.32 Å². The number of nitrogens with one attached hydrogen (secondary N) is 1. The molecule has 0 unspecified atom stereocenters. The molecule has 5 heteroatoms. The van der Waals surface area contributed by atoms with Gasteiger partial charge in [0.25, 0.3) is 5.91 Å². The van der Waals surface area contributed by atoms with Gasteiger partial charge in [0.1, 0.15) is 5.69 Å². The minimum atomic E-state index is -0.120. The smallest absolute Gasteiger partial charge is 0.272 e. The largest absolute Gasteiger partial charge is 0.340 e. The summed E-state index contributed by atoms with van der Waals surface area (Å²) in [4.78, 5) is 16.4. The summed E-state index contributed by atoms with van der Waals surface area (Å²) in [5.41, 5.74) is 2.26. The normalized spacial score (nSPS) is 10.8. The molecule has 2 aromatic rings. The first-order valence-electron chi connectivity index (χ1n) is 6.09. The van der Waals surface area contributed by atoms with Gasteiger partial charge in [0.05, 0.1) is 0 Å². The Morgan fingerprint density at radius 1 is 1.42 bits per heavy atom. The number of pyridine rings is 1. The van der Waals surface area contributed by atoms with Crippen LogP contribution >= 0.6 is 15.9 Å². The summed E-state index contributed by atoms with van der Waals surface area (Å²) in [5.74, 6) is -0.120. The molecule has 2 rings (SSSR count). The van der Waals surface area contributed by atoms with Crippen LogP contribution in [0.5, 0.6) is 0 Å². The van der Waals surface area contributed by atoms with Crippen molar-refractivity contribution in [1.82, 2.24) is 9.55 Å². The maximum atomic E-state index is 12.3. The highest BCUT2D eigenvalue weighted by Crippen LogP contribution is 2.20. The number of amides is 1. The van der Waals surface area contributed by atoms with E-state index in [4.69, 9.17) is 0 Å². The summed E-state index contributed by atoms with van der Waals surface area (Å²) in [5, 5.41) is 2.89. The topological polar surface area (TPSA) is 46.9 Å². The first-order valence-corrected chi connectivity index (χ1v) is 6.88. The Bertz CT molecular complexity index is 604. The van der Waals surface area contributed by atoms with E-state index in [0.29, 0.717) is 5.69 Å². The molecule has 0 aliphatic carbocycles. The quantitative estimate of drug-likeness (QED) is 0.934. The van der Waals surface area contributed by atoms with E-state index in [9.17, 15) is 4.79 Å². The highest BCUT2D eigenvalue weighted by atomic mass is 79.9. The highest BCUT2D eigenvalue weighted by Gasteiger charge is 2.15. The second kappa shape index (κ2) is 5.57. The average Bonchev–Trinajstić information content (AvgIpc) is 2.71. The second-order valence-electron chi connectivity index (χ2n) is 4.68. The number of carbonyl (C=O) groups excluding carboxylic acids is 1. The van der Waals surface area contributed by atoms with E-state index in [1.807, 2.05) is 43.7 Å². The zero-order valence-corrected chi connectivity index (χ0v) is 12.7. The van der Waals surface area contributed by atoms with Gasteiger partial charge in [-0.2, -0.15) is 0 Å². The van der Waals surface area contributed by atoms with Gasteiger partial charge in [-0.05, 0) is 54.9 Å². The van der Waals surface area contributed by atoms with Crippen molar-refractivity contribution in [1.29, 1.82) is 0 Å². The molecule has 1 amide bonds. The van der Waals surface area contributed by atoms with Gasteiger partial charge < -0.3 is 9.88 Å². The van der Waals surface area contributed by atoms with Crippen LogP contribution in [0.1, 0.15) is 36.1 Å². The van der Waals surface area contributed by atoms with Gasteiger partial charge in [-0.25, -0.2) is 0 Å². The maximum absolute atomic E-state index is 12.3. The fraction of sp³-hybridized carbons (Fsp3) is 0.286. The number of anilines is 1. The van der Waals surface area contributed by atoms with E-state index in [2.05, 4.69) is 26.2 Å². The Labute approximate surface area is 121 Å². The van der Waals surface area contributed by atoms with Gasteiger partial charge in [-0.3, -0.25) is 9.78 Å². The van der Waals surface area contributed by atoms with Crippen LogP contribution in [0.25, 0.3) is 0 Å². The molecule has 0 aromatic carbocycles. The number of halogens is 1. The number of rotatable bonds is 3. The van der Waals surface area contributed by atoms with Crippen molar-refractivity contribution in [3.63, 3.8) is 0 Å². The lowest BCUT2D eigenvalue weighted by Crippen LogP contribution is -2.17. The molecular weight excluding hydrogens is 306 g/mol. The van der Waals surface area contributed by atoms with Crippen LogP contribution in [0, 0.1) is 6.92 Å². The van der Waals surface area contributed by atoms with E-state index >= 15 is 0 Å². The van der Waals surface area contributed by atoms with Gasteiger partial charge in [0.2, 0.25) is 0 Å². The lowest BCUT2D eigenvalue weighted by molar-refractivity contribution is 0.101. The average molecular weight is 322 g/mol. The third kappa shape index (κ3) is 3.23. The Balaban J connectivity index is 2.25. The van der Waals surface area contributed by atoms with E-state index < -0.39 is 0 Å². The highest BCUT2D eigenvalue weighted by molar-refractivity contribution is 9.10. The molecule has 0 fully saturated rings. The van der Waals surface area contributed by atoms with E-state index in [1.54, 1.807) is 12.3 Å². The van der Waals surface area contributed by atoms with E-state index in [-0.39, 0.29) is 11.9 Å². The zero-order chi connectivity index (χ0) is 14.0. The van der Waals surface area contributed by atoms with Crippen molar-refractivity contribution in [2.45, 2.75) is 26.8 Å². The molecular formula is C14H16BrN3O. The van der Waals surface area contributed by atoms with Gasteiger partial charge in [-0.1, -0.05) is 0 Å². The fourth-order valence-electron chi connectivity index (χ4n) is 1.87. The molecule has 0 saturated heterocycles. The van der Waals surface area contributed by atoms with Crippen LogP contribution < -0.4 is 5.32 Å². The van der Waals surface area contributed by atoms with Gasteiger partial charge >= 0.3 is 0 Å². The van der Waals surface area contributed by atoms with E-state index in [0.717, 1.165) is 15.9 Å². The van der Waals surface area contributed by atoms with Crippen molar-refractivity contribution in [2.24, 2.45) is 0 Å². The second-order valence-corrected chi connectivity index (χ2v) is 5.60. The summed E-state index contributed by atoms with van der Waals surface area (Å²) in [7, 11) is 0. The number of aryl methyl sites for hydroxylation is 1. The van der Waals surface area contributed by atoms with Gasteiger partial charge in [-0.15, -0.1) is 0 Å². The molecule has 0 spiro atoms. The first kappa shape index (κ1) is 13.8. The summed E-state index contributed by atoms with van der Waals surface area (Å²) in [6.45, 7) is 5.97. The maximum Gasteiger partial charge on any atom is 0.272 e. The first-order chi connectivity index (χ1) is 8.97. The SMILES string of the molecule is Cc1cc(NC(=O)c2cc(Br)cn2C(C)C)ccn1. The predicted molar refractivity (Wildman–Crippen MR) is 79.4 cm³/mol. The van der Waals surface area contributed by atoms with Crippen LogP contribution in [0.2, 0.25) is 0 Å². The Hall–Kier alpha value is -1.62. The summed E-state index contributed by atoms with van der Waals surface area (Å²) < 4.78 is 2.84. The van der Waals surface area contributed by atoms with Crippen LogP contribution in [0.15, 0.2) is 35.1 Å². The van der Waals surface area contributed by atoms with Crippen LogP contribution in [0.3, 0.4) is 0 Å². The minimum absolute atomic E-state index is 0.120. The summed E-state index contributed by atoms with van der Waals surface area (Å²) >= 11 is 3.41. The van der Waals surface area contributed by atoms with Crippen LogP contribution in [0.4, 0.5) is 5.69 Å². The minimum Gasteiger partial charge on any atom is -0.340 e. The molecule has 2 heterocycles. The third-order valence-corrected chi connectivity index (χ3v) is 3.19. The molecule has 4 nitrogen and oxygen atoms in total. The van der Waals surface area contributed by atoms with Crippen LogP contribution in [-0.2, 0) is 0 Å². The zero-order valence-electron chi connectivity index (χ0n) is 11.1. The number of aromatic nitrogens is 2. The van der Waals surface area contributed by atoms with Crippen molar-refractivity contribution in [3.8, 4) is 0 Å². The summed E-state index contributed by atoms with van der Waals surface area (Å²) in [6, 6.07) is 5.67. The molecule has 0 saturated carbocycles. The van der Waals surface area contributed by atoms with Crippen molar-refractivity contribution < 1.29 is 4.79 Å². The lowest BCUT2D eigenvalue weighted by atomic mass is 10.3.